The molecule has 4 heterocycles. The van der Waals surface area contributed by atoms with E-state index in [0.717, 1.165) is 56.3 Å². The monoisotopic (exact) mass is 778 g/mol. The van der Waals surface area contributed by atoms with Gasteiger partial charge in [0.15, 0.2) is 17.0 Å². The van der Waals surface area contributed by atoms with Gasteiger partial charge < -0.3 is 40.8 Å². The molecular formula is C38H47ClN8O6S. The number of benzene rings is 1. The van der Waals surface area contributed by atoms with Gasteiger partial charge in [0.05, 0.1) is 42.6 Å². The van der Waals surface area contributed by atoms with E-state index in [9.17, 15) is 24.6 Å². The van der Waals surface area contributed by atoms with Crippen molar-refractivity contribution in [3.63, 3.8) is 0 Å². The van der Waals surface area contributed by atoms with Gasteiger partial charge in [-0.25, -0.2) is 19.7 Å². The molecule has 8 atom stereocenters. The Labute approximate surface area is 323 Å². The second-order valence-electron chi connectivity index (χ2n) is 14.6. The first kappa shape index (κ1) is 38.2. The van der Waals surface area contributed by atoms with Gasteiger partial charge in [0.25, 0.3) is 0 Å². The van der Waals surface area contributed by atoms with E-state index in [-0.39, 0.29) is 35.9 Å². The Kier molecular flexibility index (Phi) is 11.8. The maximum Gasteiger partial charge on any atom is 0.315 e. The molecule has 0 bridgehead atoms. The number of carbonyl (C=O) groups is 3. The van der Waals surface area contributed by atoms with Gasteiger partial charge in [0.1, 0.15) is 6.10 Å². The zero-order chi connectivity index (χ0) is 37.8. The molecule has 2 aromatic heterocycles. The maximum atomic E-state index is 12.7. The van der Waals surface area contributed by atoms with Crippen molar-refractivity contribution in [2.45, 2.75) is 106 Å². The number of imidazole rings is 1. The fourth-order valence-corrected chi connectivity index (χ4v) is 10.0. The molecule has 2 aliphatic carbocycles. The Morgan fingerprint density at radius 1 is 1.15 bits per heavy atom. The maximum absolute atomic E-state index is 12.7. The van der Waals surface area contributed by atoms with Crippen molar-refractivity contribution >= 4 is 58.3 Å². The van der Waals surface area contributed by atoms with Crippen molar-refractivity contribution < 1.29 is 29.3 Å². The summed E-state index contributed by atoms with van der Waals surface area (Å²) in [5.41, 5.74) is 0.860. The van der Waals surface area contributed by atoms with Crippen molar-refractivity contribution in [2.75, 3.05) is 24.7 Å². The summed E-state index contributed by atoms with van der Waals surface area (Å²) in [6, 6.07) is 7.24. The molecule has 4 fully saturated rings. The van der Waals surface area contributed by atoms with Crippen LogP contribution in [0, 0.1) is 23.2 Å². The molecule has 16 heteroatoms. The standard InChI is InChI=1S/C38H47ClN8O6S/c1-40-36(51)38-18-24(38)31(32(49)33(38)50)47-21-42-30-34(41-19-22-11-10-12-23(39)17-22)44-27(45-35(30)47)14-6-4-2-3-5-9-16-53-28(48)15-8-7-13-26-29-25(20-54-26)43-37(52)46-29/h10-12,17,21,24-26,29,31-33,49-50H,2-5,7-9,13,15-16,18-20H2,1H3,(H,40,51)(H,41,44,45)(H2,43,46,52)/t24?,25-,26-,29-,31+,32-,33-,38+/m0/s1. The lowest BCUT2D eigenvalue weighted by molar-refractivity contribution is -0.144. The minimum absolute atomic E-state index is 0.0750. The van der Waals surface area contributed by atoms with Crippen LogP contribution in [0.15, 0.2) is 30.6 Å². The van der Waals surface area contributed by atoms with E-state index < -0.39 is 23.7 Å². The predicted octanol–water partition coefficient (Wildman–Crippen LogP) is 3.69. The smallest absolute Gasteiger partial charge is 0.315 e. The van der Waals surface area contributed by atoms with Crippen LogP contribution in [0.5, 0.6) is 0 Å². The Morgan fingerprint density at radius 3 is 2.83 bits per heavy atom. The normalized spacial score (nSPS) is 27.7. The second-order valence-corrected chi connectivity index (χ2v) is 16.3. The predicted molar refractivity (Wildman–Crippen MR) is 205 cm³/mol. The molecular weight excluding hydrogens is 732 g/mol. The van der Waals surface area contributed by atoms with Gasteiger partial charge >= 0.3 is 12.0 Å². The summed E-state index contributed by atoms with van der Waals surface area (Å²) in [6.45, 7) is 0.837. The van der Waals surface area contributed by atoms with Crippen LogP contribution in [-0.2, 0) is 20.9 Å². The van der Waals surface area contributed by atoms with Gasteiger partial charge in [-0.3, -0.25) is 9.59 Å². The largest absolute Gasteiger partial charge is 0.466 e. The summed E-state index contributed by atoms with van der Waals surface area (Å²) in [5.74, 6) is 7.28. The number of halogens is 1. The summed E-state index contributed by atoms with van der Waals surface area (Å²) in [5, 5.41) is 35.0. The Hall–Kier alpha value is -4.10. The minimum Gasteiger partial charge on any atom is -0.466 e. The second kappa shape index (κ2) is 16.7. The van der Waals surface area contributed by atoms with Gasteiger partial charge in [-0.2, -0.15) is 11.8 Å². The first-order valence-electron chi connectivity index (χ1n) is 18.8. The average molecular weight is 779 g/mol. The number of aromatic nitrogens is 4. The van der Waals surface area contributed by atoms with Crippen molar-refractivity contribution in [1.29, 1.82) is 0 Å². The van der Waals surface area contributed by atoms with Crippen LogP contribution < -0.4 is 21.3 Å². The number of nitrogens with zero attached hydrogens (tertiary/aromatic N) is 4. The molecule has 54 heavy (non-hydrogen) atoms. The van der Waals surface area contributed by atoms with Crippen LogP contribution in [0.4, 0.5) is 10.6 Å². The van der Waals surface area contributed by atoms with Crippen molar-refractivity contribution in [2.24, 2.45) is 11.3 Å². The number of rotatable bonds is 16. The molecule has 1 aromatic carbocycles. The van der Waals surface area contributed by atoms with Gasteiger partial charge in [0, 0.05) is 48.4 Å². The van der Waals surface area contributed by atoms with Crippen LogP contribution in [0.25, 0.3) is 11.2 Å². The Balaban J connectivity index is 0.893. The molecule has 14 nitrogen and oxygen atoms in total. The molecule has 7 rings (SSSR count). The van der Waals surface area contributed by atoms with Crippen LogP contribution >= 0.6 is 23.4 Å². The lowest BCUT2D eigenvalue weighted by atomic mass is 9.98. The number of fused-ring (bicyclic) bond motifs is 3. The first-order chi connectivity index (χ1) is 26.2. The highest BCUT2D eigenvalue weighted by Crippen LogP contribution is 2.67. The number of amides is 3. The van der Waals surface area contributed by atoms with Gasteiger partial charge in [0.2, 0.25) is 11.7 Å². The van der Waals surface area contributed by atoms with E-state index in [2.05, 4.69) is 43.1 Å². The molecule has 2 aliphatic heterocycles. The van der Waals surface area contributed by atoms with Crippen molar-refractivity contribution in [1.82, 2.24) is 35.5 Å². The average Bonchev–Trinajstić information content (AvgIpc) is 3.36. The number of aliphatic hydroxyl groups is 2. The summed E-state index contributed by atoms with van der Waals surface area (Å²) >= 11 is 8.09. The number of nitrogens with one attached hydrogen (secondary N) is 4. The van der Waals surface area contributed by atoms with Gasteiger partial charge in [-0.1, -0.05) is 48.9 Å². The molecule has 3 amide bonds. The number of unbranched alkanes of at least 4 members (excludes halogenated alkanes) is 5. The summed E-state index contributed by atoms with van der Waals surface area (Å²) in [7, 11) is 1.53. The SMILES string of the molecule is CNC(=O)[C@]12CC1[C@@H](n1cnc3c(NCc4cccc(Cl)c4)nc(C#CCCCCCCOC(=O)CCCC[C@@H]4SC[C@@H]5NC(=O)N[C@@H]54)nc31)[C@H](O)[C@@H]2O. The highest BCUT2D eigenvalue weighted by molar-refractivity contribution is 8.00. The van der Waals surface area contributed by atoms with Crippen LogP contribution in [0.2, 0.25) is 5.02 Å². The highest BCUT2D eigenvalue weighted by atomic mass is 35.5. The molecule has 0 radical (unpaired) electrons. The highest BCUT2D eigenvalue weighted by Gasteiger charge is 2.75. The number of aliphatic hydroxyl groups excluding tert-OH is 2. The minimum atomic E-state index is -1.21. The Bertz CT molecular complexity index is 1940. The van der Waals surface area contributed by atoms with Crippen LogP contribution in [0.1, 0.15) is 81.6 Å². The third kappa shape index (κ3) is 7.98. The quantitative estimate of drug-likeness (QED) is 0.0538. The van der Waals surface area contributed by atoms with Crippen LogP contribution in [0.3, 0.4) is 0 Å². The molecule has 0 spiro atoms. The summed E-state index contributed by atoms with van der Waals surface area (Å²) in [4.78, 5) is 50.5. The zero-order valence-electron chi connectivity index (χ0n) is 30.2. The number of hydrogen-bond donors (Lipinski definition) is 6. The van der Waals surface area contributed by atoms with Crippen molar-refractivity contribution in [3.8, 4) is 11.8 Å². The number of carbonyl (C=O) groups excluding carboxylic acids is 3. The number of esters is 1. The van der Waals surface area contributed by atoms with E-state index in [1.807, 2.05) is 36.0 Å². The third-order valence-corrected chi connectivity index (χ3v) is 12.9. The summed E-state index contributed by atoms with van der Waals surface area (Å²) < 4.78 is 7.19. The lowest BCUT2D eigenvalue weighted by Crippen LogP contribution is -2.41. The van der Waals surface area contributed by atoms with Crippen molar-refractivity contribution in [3.05, 3.63) is 47.0 Å². The van der Waals surface area contributed by atoms with Crippen LogP contribution in [-0.4, -0.2) is 96.6 Å². The van der Waals surface area contributed by atoms with Gasteiger partial charge in [-0.05, 0) is 55.7 Å². The third-order valence-electron chi connectivity index (χ3n) is 11.1. The topological polar surface area (TPSA) is 193 Å². The molecule has 288 valence electrons. The number of anilines is 1. The number of thioether (sulfide) groups is 1. The summed E-state index contributed by atoms with van der Waals surface area (Å²) in [6.07, 6.45) is 6.93. The number of hydrogen-bond acceptors (Lipinski definition) is 11. The van der Waals surface area contributed by atoms with E-state index in [4.69, 9.17) is 21.3 Å². The van der Waals surface area contributed by atoms with E-state index >= 15 is 0 Å². The number of ether oxygens (including phenoxy) is 1. The van der Waals surface area contributed by atoms with E-state index in [0.29, 0.717) is 65.5 Å². The first-order valence-corrected chi connectivity index (χ1v) is 20.3. The van der Waals surface area contributed by atoms with E-state index in [1.165, 1.54) is 7.05 Å². The molecule has 1 unspecified atom stereocenters. The number of urea groups is 1. The molecule has 2 saturated heterocycles. The zero-order valence-corrected chi connectivity index (χ0v) is 31.8. The fraction of sp³-hybridized carbons (Fsp3) is 0.579. The fourth-order valence-electron chi connectivity index (χ4n) is 8.26. The lowest BCUT2D eigenvalue weighted by Gasteiger charge is -2.23. The van der Waals surface area contributed by atoms with E-state index in [1.54, 1.807) is 10.9 Å². The Morgan fingerprint density at radius 2 is 2.00 bits per heavy atom. The molecule has 3 aromatic rings. The molecule has 4 aliphatic rings. The molecule has 6 N–H and O–H groups in total. The van der Waals surface area contributed by atoms with Gasteiger partial charge in [-0.15, -0.1) is 0 Å². The molecule has 2 saturated carbocycles.